The molecule has 2 rings (SSSR count). The molecule has 21 heavy (non-hydrogen) atoms. The molecule has 0 aliphatic heterocycles. The van der Waals surface area contributed by atoms with E-state index in [0.717, 1.165) is 29.4 Å². The van der Waals surface area contributed by atoms with Crippen molar-refractivity contribution >= 4 is 10.1 Å². The molecule has 0 N–H and O–H groups in total. The fourth-order valence-electron chi connectivity index (χ4n) is 1.97. The summed E-state index contributed by atoms with van der Waals surface area (Å²) in [6.45, 7) is 0. The van der Waals surface area contributed by atoms with Crippen molar-refractivity contribution in [2.45, 2.75) is 12.8 Å². The van der Waals surface area contributed by atoms with Crippen LogP contribution in [-0.2, 0) is 16.5 Å². The third-order valence-electron chi connectivity index (χ3n) is 2.89. The second kappa shape index (κ2) is 6.42. The lowest BCUT2D eigenvalue weighted by Gasteiger charge is -2.07. The molecule has 0 saturated heterocycles. The van der Waals surface area contributed by atoms with E-state index in [1.54, 1.807) is 18.2 Å². The molecule has 2 aromatic rings. The van der Waals surface area contributed by atoms with Crippen molar-refractivity contribution in [3.63, 3.8) is 0 Å². The second-order valence-corrected chi connectivity index (χ2v) is 6.25. The number of nitrogens with zero attached hydrogens (tertiary/aromatic N) is 1. The summed E-state index contributed by atoms with van der Waals surface area (Å²) in [5.41, 5.74) is 2.95. The predicted octanol–water partition coefficient (Wildman–Crippen LogP) is 3.15. The van der Waals surface area contributed by atoms with Crippen LogP contribution in [0.15, 0.2) is 48.5 Å². The van der Waals surface area contributed by atoms with Crippen molar-refractivity contribution in [1.29, 1.82) is 5.26 Å². The molecular formula is C16H15NO3S. The highest BCUT2D eigenvalue weighted by atomic mass is 32.2. The Kier molecular flexibility index (Phi) is 4.61. The van der Waals surface area contributed by atoms with Gasteiger partial charge in [0.2, 0.25) is 0 Å². The summed E-state index contributed by atoms with van der Waals surface area (Å²) in [7, 11) is -3.52. The van der Waals surface area contributed by atoms with Crippen LogP contribution in [0.4, 0.5) is 0 Å². The van der Waals surface area contributed by atoms with Gasteiger partial charge in [0.15, 0.2) is 0 Å². The summed E-state index contributed by atoms with van der Waals surface area (Å²) in [4.78, 5) is 0. The van der Waals surface area contributed by atoms with E-state index >= 15 is 0 Å². The van der Waals surface area contributed by atoms with Crippen molar-refractivity contribution in [1.82, 2.24) is 0 Å². The molecule has 5 heteroatoms. The second-order valence-electron chi connectivity index (χ2n) is 4.67. The average Bonchev–Trinajstić information content (AvgIpc) is 2.44. The smallest absolute Gasteiger partial charge is 0.306 e. The maximum atomic E-state index is 11.1. The largest absolute Gasteiger partial charge is 0.383 e. The van der Waals surface area contributed by atoms with Gasteiger partial charge in [-0.05, 0) is 35.2 Å². The van der Waals surface area contributed by atoms with E-state index in [1.807, 2.05) is 30.3 Å². The number of rotatable bonds is 5. The Labute approximate surface area is 124 Å². The van der Waals surface area contributed by atoms with E-state index in [4.69, 9.17) is 9.44 Å². The average molecular weight is 301 g/mol. The van der Waals surface area contributed by atoms with Gasteiger partial charge in [-0.2, -0.15) is 13.7 Å². The minimum absolute atomic E-state index is 0.295. The van der Waals surface area contributed by atoms with Gasteiger partial charge in [-0.1, -0.05) is 36.4 Å². The zero-order valence-corrected chi connectivity index (χ0v) is 12.4. The molecule has 0 aromatic heterocycles. The lowest BCUT2D eigenvalue weighted by Crippen LogP contribution is -2.05. The lowest BCUT2D eigenvalue weighted by molar-refractivity contribution is 0.493. The van der Waals surface area contributed by atoms with Crippen LogP contribution >= 0.6 is 0 Å². The van der Waals surface area contributed by atoms with Crippen LogP contribution in [0.25, 0.3) is 11.1 Å². The first-order valence-electron chi connectivity index (χ1n) is 6.44. The van der Waals surface area contributed by atoms with Crippen LogP contribution in [0.5, 0.6) is 5.75 Å². The first-order chi connectivity index (χ1) is 9.98. The third kappa shape index (κ3) is 4.62. The number of aryl methyl sites for hydroxylation is 1. The van der Waals surface area contributed by atoms with Gasteiger partial charge in [0.25, 0.3) is 0 Å². The van der Waals surface area contributed by atoms with E-state index < -0.39 is 10.1 Å². The zero-order chi connectivity index (χ0) is 15.3. The molecule has 0 fully saturated rings. The Balaban J connectivity index is 2.22. The third-order valence-corrected chi connectivity index (χ3v) is 3.39. The normalized spacial score (nSPS) is 10.9. The van der Waals surface area contributed by atoms with Gasteiger partial charge in [-0.15, -0.1) is 0 Å². The van der Waals surface area contributed by atoms with Gasteiger partial charge in [0, 0.05) is 6.42 Å². The van der Waals surface area contributed by atoms with Crippen LogP contribution < -0.4 is 4.18 Å². The number of hydrogen-bond donors (Lipinski definition) is 0. The first-order valence-corrected chi connectivity index (χ1v) is 8.25. The highest BCUT2D eigenvalue weighted by Gasteiger charge is 2.06. The van der Waals surface area contributed by atoms with Crippen LogP contribution in [0, 0.1) is 11.3 Å². The minimum atomic E-state index is -3.52. The summed E-state index contributed by atoms with van der Waals surface area (Å²) >= 11 is 0. The Morgan fingerprint density at radius 2 is 1.81 bits per heavy atom. The van der Waals surface area contributed by atoms with Gasteiger partial charge in [-0.3, -0.25) is 0 Å². The van der Waals surface area contributed by atoms with E-state index in [0.29, 0.717) is 12.2 Å². The van der Waals surface area contributed by atoms with Gasteiger partial charge in [0.05, 0.1) is 12.3 Å². The topological polar surface area (TPSA) is 67.2 Å². The van der Waals surface area contributed by atoms with Crippen molar-refractivity contribution in [2.75, 3.05) is 6.26 Å². The summed E-state index contributed by atoms with van der Waals surface area (Å²) < 4.78 is 27.2. The molecule has 0 amide bonds. The Bertz CT molecular complexity index is 759. The van der Waals surface area contributed by atoms with Crippen LogP contribution in [0.1, 0.15) is 12.0 Å². The first kappa shape index (κ1) is 15.1. The SMILES string of the molecule is CS(=O)(=O)Oc1cccc(-c2ccc(CCC#N)cc2)c1. The Morgan fingerprint density at radius 1 is 1.10 bits per heavy atom. The standard InChI is InChI=1S/C16H15NO3S/c1-21(18,19)20-16-6-2-5-15(12-16)14-9-7-13(8-10-14)4-3-11-17/h2,5-10,12H,3-4H2,1H3. The van der Waals surface area contributed by atoms with Crippen molar-refractivity contribution in [3.05, 3.63) is 54.1 Å². The van der Waals surface area contributed by atoms with Gasteiger partial charge < -0.3 is 4.18 Å². The number of hydrogen-bond acceptors (Lipinski definition) is 4. The summed E-state index contributed by atoms with van der Waals surface area (Å²) in [5.74, 6) is 0.295. The van der Waals surface area contributed by atoms with Crippen LogP contribution in [0.3, 0.4) is 0 Å². The molecule has 2 aromatic carbocycles. The molecule has 0 radical (unpaired) electrons. The molecule has 0 spiro atoms. The molecular weight excluding hydrogens is 286 g/mol. The van der Waals surface area contributed by atoms with Crippen LogP contribution in [-0.4, -0.2) is 14.7 Å². The zero-order valence-electron chi connectivity index (χ0n) is 11.6. The van der Waals surface area contributed by atoms with E-state index in [2.05, 4.69) is 6.07 Å². The maximum absolute atomic E-state index is 11.1. The number of nitriles is 1. The molecule has 0 aliphatic rings. The van der Waals surface area contributed by atoms with E-state index in [9.17, 15) is 8.42 Å². The van der Waals surface area contributed by atoms with Gasteiger partial charge in [0.1, 0.15) is 5.75 Å². The van der Waals surface area contributed by atoms with Gasteiger partial charge >= 0.3 is 10.1 Å². The summed E-state index contributed by atoms with van der Waals surface area (Å²) in [6.07, 6.45) is 2.24. The molecule has 0 saturated carbocycles. The molecule has 4 nitrogen and oxygen atoms in total. The monoisotopic (exact) mass is 301 g/mol. The maximum Gasteiger partial charge on any atom is 0.306 e. The predicted molar refractivity (Wildman–Crippen MR) is 81.3 cm³/mol. The lowest BCUT2D eigenvalue weighted by atomic mass is 10.0. The van der Waals surface area contributed by atoms with Crippen molar-refractivity contribution < 1.29 is 12.6 Å². The van der Waals surface area contributed by atoms with E-state index in [1.165, 1.54) is 0 Å². The fraction of sp³-hybridized carbons (Fsp3) is 0.188. The Hall–Kier alpha value is -2.32. The van der Waals surface area contributed by atoms with Crippen molar-refractivity contribution in [2.24, 2.45) is 0 Å². The summed E-state index contributed by atoms with van der Waals surface area (Å²) in [6, 6.07) is 16.9. The number of benzene rings is 2. The molecule has 0 aliphatic carbocycles. The van der Waals surface area contributed by atoms with Gasteiger partial charge in [-0.25, -0.2) is 0 Å². The molecule has 0 unspecified atom stereocenters. The van der Waals surface area contributed by atoms with Crippen molar-refractivity contribution in [3.8, 4) is 22.9 Å². The summed E-state index contributed by atoms with van der Waals surface area (Å²) in [5, 5.41) is 8.57. The molecule has 0 heterocycles. The molecule has 108 valence electrons. The van der Waals surface area contributed by atoms with E-state index in [-0.39, 0.29) is 0 Å². The fourth-order valence-corrected chi connectivity index (χ4v) is 2.42. The Morgan fingerprint density at radius 3 is 2.43 bits per heavy atom. The quantitative estimate of drug-likeness (QED) is 0.796. The van der Waals surface area contributed by atoms with Crippen LogP contribution in [0.2, 0.25) is 0 Å². The highest BCUT2D eigenvalue weighted by molar-refractivity contribution is 7.86. The molecule has 0 atom stereocenters. The molecule has 0 bridgehead atoms. The highest BCUT2D eigenvalue weighted by Crippen LogP contribution is 2.25. The minimum Gasteiger partial charge on any atom is -0.383 e.